The van der Waals surface area contributed by atoms with Gasteiger partial charge in [-0.05, 0) is 18.1 Å². The second-order valence-corrected chi connectivity index (χ2v) is 5.37. The van der Waals surface area contributed by atoms with E-state index in [2.05, 4.69) is 20.9 Å². The van der Waals surface area contributed by atoms with Gasteiger partial charge in [0.05, 0.1) is 0 Å². The second kappa shape index (κ2) is 5.10. The average molecular weight is 314 g/mol. The van der Waals surface area contributed by atoms with Crippen LogP contribution in [0.4, 0.5) is 4.39 Å². The minimum Gasteiger partial charge on any atom is -0.459 e. The predicted octanol–water partition coefficient (Wildman–Crippen LogP) is 3.94. The Bertz CT molecular complexity index is 580. The molecule has 1 heterocycles. The standard InChI is InChI=1S/C13H13BrFNO2/c1-7(2)13(18-6-17)9-3-8(14)4-11-12(9)10(15)5-16-11/h3-7,13,16H,1-2H3. The first-order valence-electron chi connectivity index (χ1n) is 5.59. The molecule has 96 valence electrons. The van der Waals surface area contributed by atoms with Crippen molar-refractivity contribution in [3.63, 3.8) is 0 Å². The molecule has 1 aromatic heterocycles. The van der Waals surface area contributed by atoms with Gasteiger partial charge in [0.25, 0.3) is 6.47 Å². The number of hydrogen-bond donors (Lipinski definition) is 1. The van der Waals surface area contributed by atoms with Crippen LogP contribution in [0.2, 0.25) is 0 Å². The minimum absolute atomic E-state index is 0.0574. The summed E-state index contributed by atoms with van der Waals surface area (Å²) in [5.41, 5.74) is 1.34. The number of carbonyl (C=O) groups is 1. The van der Waals surface area contributed by atoms with Crippen LogP contribution in [0, 0.1) is 11.7 Å². The lowest BCUT2D eigenvalue weighted by Gasteiger charge is -2.20. The van der Waals surface area contributed by atoms with Gasteiger partial charge in [-0.3, -0.25) is 4.79 Å². The maximum Gasteiger partial charge on any atom is 0.293 e. The van der Waals surface area contributed by atoms with Crippen LogP contribution >= 0.6 is 15.9 Å². The lowest BCUT2D eigenvalue weighted by molar-refractivity contribution is -0.135. The third kappa shape index (κ3) is 2.27. The molecule has 0 amide bonds. The van der Waals surface area contributed by atoms with Gasteiger partial charge >= 0.3 is 0 Å². The number of hydrogen-bond acceptors (Lipinski definition) is 2. The molecule has 3 nitrogen and oxygen atoms in total. The Morgan fingerprint density at radius 3 is 2.78 bits per heavy atom. The van der Waals surface area contributed by atoms with Gasteiger partial charge in [-0.25, -0.2) is 4.39 Å². The first kappa shape index (κ1) is 13.1. The van der Waals surface area contributed by atoms with Crippen molar-refractivity contribution in [1.29, 1.82) is 0 Å². The van der Waals surface area contributed by atoms with Gasteiger partial charge in [-0.15, -0.1) is 0 Å². The molecule has 0 saturated carbocycles. The molecule has 0 aliphatic carbocycles. The van der Waals surface area contributed by atoms with E-state index < -0.39 is 6.10 Å². The van der Waals surface area contributed by atoms with Crippen LogP contribution in [0.5, 0.6) is 0 Å². The molecular formula is C13H13BrFNO2. The van der Waals surface area contributed by atoms with Crippen molar-refractivity contribution in [2.24, 2.45) is 5.92 Å². The molecule has 2 aromatic rings. The Morgan fingerprint density at radius 1 is 1.44 bits per heavy atom. The summed E-state index contributed by atoms with van der Waals surface area (Å²) in [4.78, 5) is 13.5. The van der Waals surface area contributed by atoms with Crippen LogP contribution in [0.15, 0.2) is 22.8 Å². The van der Waals surface area contributed by atoms with Crippen LogP contribution in [-0.2, 0) is 9.53 Å². The number of H-pyrrole nitrogens is 1. The van der Waals surface area contributed by atoms with Crippen molar-refractivity contribution in [3.05, 3.63) is 34.2 Å². The Morgan fingerprint density at radius 2 is 2.17 bits per heavy atom. The van der Waals surface area contributed by atoms with Crippen molar-refractivity contribution < 1.29 is 13.9 Å². The number of benzene rings is 1. The zero-order valence-electron chi connectivity index (χ0n) is 10.0. The number of rotatable bonds is 4. The Labute approximate surface area is 112 Å². The summed E-state index contributed by atoms with van der Waals surface area (Å²) in [6.07, 6.45) is 0.839. The van der Waals surface area contributed by atoms with Crippen molar-refractivity contribution in [3.8, 4) is 0 Å². The normalized spacial score (nSPS) is 12.9. The molecule has 5 heteroatoms. The number of aromatic amines is 1. The van der Waals surface area contributed by atoms with Crippen LogP contribution in [0.3, 0.4) is 0 Å². The minimum atomic E-state index is -0.465. The van der Waals surface area contributed by atoms with Gasteiger partial charge in [0.15, 0.2) is 0 Å². The van der Waals surface area contributed by atoms with Crippen LogP contribution < -0.4 is 0 Å². The fourth-order valence-corrected chi connectivity index (χ4v) is 2.57. The third-order valence-corrected chi connectivity index (χ3v) is 3.30. The number of carbonyl (C=O) groups excluding carboxylic acids is 1. The van der Waals surface area contributed by atoms with E-state index in [1.807, 2.05) is 13.8 Å². The zero-order valence-corrected chi connectivity index (χ0v) is 11.6. The molecule has 1 atom stereocenters. The lowest BCUT2D eigenvalue weighted by Crippen LogP contribution is -2.11. The fourth-order valence-electron chi connectivity index (χ4n) is 2.10. The highest BCUT2D eigenvalue weighted by Gasteiger charge is 2.22. The number of nitrogens with one attached hydrogen (secondary N) is 1. The van der Waals surface area contributed by atoms with Crippen molar-refractivity contribution >= 4 is 33.3 Å². The van der Waals surface area contributed by atoms with Gasteiger partial charge in [0.1, 0.15) is 11.9 Å². The van der Waals surface area contributed by atoms with Crippen molar-refractivity contribution in [2.75, 3.05) is 0 Å². The first-order chi connectivity index (χ1) is 8.54. The monoisotopic (exact) mass is 313 g/mol. The molecule has 1 unspecified atom stereocenters. The molecule has 0 spiro atoms. The summed E-state index contributed by atoms with van der Waals surface area (Å²) in [5.74, 6) is -0.283. The molecular weight excluding hydrogens is 301 g/mol. The summed E-state index contributed by atoms with van der Waals surface area (Å²) in [7, 11) is 0. The molecule has 0 fully saturated rings. The average Bonchev–Trinajstić information content (AvgIpc) is 2.66. The smallest absolute Gasteiger partial charge is 0.293 e. The van der Waals surface area contributed by atoms with Crippen LogP contribution in [0.25, 0.3) is 10.9 Å². The number of halogens is 2. The molecule has 0 aliphatic rings. The molecule has 0 saturated heterocycles. The van der Waals surface area contributed by atoms with E-state index in [1.165, 1.54) is 6.20 Å². The number of fused-ring (bicyclic) bond motifs is 1. The summed E-state index contributed by atoms with van der Waals surface area (Å²) in [6.45, 7) is 4.25. The van der Waals surface area contributed by atoms with E-state index in [1.54, 1.807) is 12.1 Å². The summed E-state index contributed by atoms with van der Waals surface area (Å²) in [6, 6.07) is 3.58. The molecule has 18 heavy (non-hydrogen) atoms. The molecule has 1 N–H and O–H groups in total. The molecule has 0 aliphatic heterocycles. The van der Waals surface area contributed by atoms with Crippen molar-refractivity contribution in [1.82, 2.24) is 4.98 Å². The van der Waals surface area contributed by atoms with E-state index in [4.69, 9.17) is 4.74 Å². The van der Waals surface area contributed by atoms with Gasteiger partial charge in [-0.1, -0.05) is 29.8 Å². The summed E-state index contributed by atoms with van der Waals surface area (Å²) < 4.78 is 19.7. The summed E-state index contributed by atoms with van der Waals surface area (Å²) >= 11 is 3.37. The van der Waals surface area contributed by atoms with Crippen LogP contribution in [0.1, 0.15) is 25.5 Å². The Balaban J connectivity index is 2.66. The highest BCUT2D eigenvalue weighted by molar-refractivity contribution is 9.10. The molecule has 2 rings (SSSR count). The quantitative estimate of drug-likeness (QED) is 0.869. The van der Waals surface area contributed by atoms with E-state index in [9.17, 15) is 9.18 Å². The van der Waals surface area contributed by atoms with Gasteiger partial charge in [-0.2, -0.15) is 0 Å². The second-order valence-electron chi connectivity index (χ2n) is 4.45. The van der Waals surface area contributed by atoms with E-state index >= 15 is 0 Å². The first-order valence-corrected chi connectivity index (χ1v) is 6.39. The highest BCUT2D eigenvalue weighted by atomic mass is 79.9. The van der Waals surface area contributed by atoms with Gasteiger partial charge in [0, 0.05) is 27.1 Å². The molecule has 0 radical (unpaired) electrons. The topological polar surface area (TPSA) is 42.1 Å². The van der Waals surface area contributed by atoms with E-state index in [0.29, 0.717) is 22.9 Å². The number of ether oxygens (including phenoxy) is 1. The summed E-state index contributed by atoms with van der Waals surface area (Å²) in [5, 5.41) is 0.471. The van der Waals surface area contributed by atoms with Crippen LogP contribution in [-0.4, -0.2) is 11.5 Å². The van der Waals surface area contributed by atoms with Gasteiger partial charge < -0.3 is 9.72 Å². The number of aromatic nitrogens is 1. The van der Waals surface area contributed by atoms with Crippen molar-refractivity contribution in [2.45, 2.75) is 20.0 Å². The van der Waals surface area contributed by atoms with E-state index in [0.717, 1.165) is 4.47 Å². The lowest BCUT2D eigenvalue weighted by atomic mass is 9.96. The molecule has 0 bridgehead atoms. The maximum absolute atomic E-state index is 13.8. The third-order valence-electron chi connectivity index (χ3n) is 2.84. The maximum atomic E-state index is 13.8. The Hall–Kier alpha value is -1.36. The largest absolute Gasteiger partial charge is 0.459 e. The Kier molecular flexibility index (Phi) is 3.71. The fraction of sp³-hybridized carbons (Fsp3) is 0.308. The van der Waals surface area contributed by atoms with E-state index in [-0.39, 0.29) is 11.7 Å². The predicted molar refractivity (Wildman–Crippen MR) is 70.7 cm³/mol. The molecule has 1 aromatic carbocycles. The zero-order chi connectivity index (χ0) is 13.3. The highest BCUT2D eigenvalue weighted by Crippen LogP contribution is 2.35. The SMILES string of the molecule is CC(C)C(OC=O)c1cc(Br)cc2[nH]cc(F)c12. The van der Waals surface area contributed by atoms with Gasteiger partial charge in [0.2, 0.25) is 0 Å².